The van der Waals surface area contributed by atoms with E-state index in [1.807, 2.05) is 24.1 Å². The van der Waals surface area contributed by atoms with Gasteiger partial charge in [-0.2, -0.15) is 0 Å². The largest absolute Gasteiger partial charge is 0.496 e. The van der Waals surface area contributed by atoms with Crippen LogP contribution in [0.4, 0.5) is 10.1 Å². The molecular weight excluding hydrogens is 369 g/mol. The van der Waals surface area contributed by atoms with Gasteiger partial charge in [0.15, 0.2) is 0 Å². The van der Waals surface area contributed by atoms with Crippen LogP contribution in [-0.2, 0) is 17.9 Å². The maximum absolute atomic E-state index is 13.7. The number of methoxy groups -OCH3 is 1. The standard InChI is InChI=1S/C23H28FN3O2/c1-26-15-17-5-3-4-6-20(17)25-23(14-22(26)28)9-11-27(12-10-23)16-18-13-19(24)7-8-21(18)29-2/h3-8,13,25H,9-12,14-16H2,1-2H3. The number of anilines is 1. The van der Waals surface area contributed by atoms with Crippen molar-refractivity contribution in [2.75, 3.05) is 32.6 Å². The van der Waals surface area contributed by atoms with Crippen molar-refractivity contribution in [3.63, 3.8) is 0 Å². The Morgan fingerprint density at radius 3 is 2.69 bits per heavy atom. The lowest BCUT2D eigenvalue weighted by Crippen LogP contribution is -2.52. The molecule has 1 spiro atoms. The van der Waals surface area contributed by atoms with E-state index in [-0.39, 0.29) is 17.3 Å². The maximum Gasteiger partial charge on any atom is 0.224 e. The van der Waals surface area contributed by atoms with Gasteiger partial charge in [-0.05, 0) is 42.7 Å². The molecule has 0 aliphatic carbocycles. The van der Waals surface area contributed by atoms with E-state index in [9.17, 15) is 9.18 Å². The Morgan fingerprint density at radius 1 is 1.17 bits per heavy atom. The minimum absolute atomic E-state index is 0.173. The van der Waals surface area contributed by atoms with Crippen molar-refractivity contribution in [3.05, 3.63) is 59.4 Å². The number of piperidine rings is 1. The molecule has 0 bridgehead atoms. The average Bonchev–Trinajstić information content (AvgIpc) is 2.70. The smallest absolute Gasteiger partial charge is 0.224 e. The molecule has 2 aliphatic rings. The van der Waals surface area contributed by atoms with Crippen LogP contribution in [0.5, 0.6) is 5.75 Å². The van der Waals surface area contributed by atoms with Crippen molar-refractivity contribution >= 4 is 11.6 Å². The Kier molecular flexibility index (Phi) is 5.46. The Hall–Kier alpha value is -2.60. The van der Waals surface area contributed by atoms with Crippen LogP contribution < -0.4 is 10.1 Å². The molecule has 1 fully saturated rings. The Labute approximate surface area is 171 Å². The number of nitrogens with one attached hydrogen (secondary N) is 1. The van der Waals surface area contributed by atoms with Crippen LogP contribution in [0.2, 0.25) is 0 Å². The van der Waals surface area contributed by atoms with Gasteiger partial charge in [-0.1, -0.05) is 18.2 Å². The zero-order valence-corrected chi connectivity index (χ0v) is 17.1. The van der Waals surface area contributed by atoms with Gasteiger partial charge in [-0.15, -0.1) is 0 Å². The van der Waals surface area contributed by atoms with Crippen LogP contribution in [0.15, 0.2) is 42.5 Å². The van der Waals surface area contributed by atoms with Gasteiger partial charge < -0.3 is 15.0 Å². The third kappa shape index (κ3) is 4.22. The first-order valence-corrected chi connectivity index (χ1v) is 10.1. The van der Waals surface area contributed by atoms with Crippen LogP contribution in [-0.4, -0.2) is 48.5 Å². The molecule has 6 heteroatoms. The van der Waals surface area contributed by atoms with E-state index in [2.05, 4.69) is 22.3 Å². The number of amides is 1. The lowest BCUT2D eigenvalue weighted by Gasteiger charge is -2.45. The van der Waals surface area contributed by atoms with E-state index < -0.39 is 0 Å². The maximum atomic E-state index is 13.7. The molecule has 0 atom stereocenters. The van der Waals surface area contributed by atoms with Gasteiger partial charge in [0.1, 0.15) is 11.6 Å². The summed E-state index contributed by atoms with van der Waals surface area (Å²) < 4.78 is 19.1. The van der Waals surface area contributed by atoms with E-state index in [1.165, 1.54) is 6.07 Å². The summed E-state index contributed by atoms with van der Waals surface area (Å²) in [6, 6.07) is 12.9. The second-order valence-electron chi connectivity index (χ2n) is 8.22. The molecule has 29 heavy (non-hydrogen) atoms. The second-order valence-corrected chi connectivity index (χ2v) is 8.22. The molecule has 4 rings (SSSR count). The summed E-state index contributed by atoms with van der Waals surface area (Å²) in [5.74, 6) is 0.634. The number of likely N-dealkylation sites (tertiary alicyclic amines) is 1. The molecule has 5 nitrogen and oxygen atoms in total. The van der Waals surface area contributed by atoms with Gasteiger partial charge in [0.25, 0.3) is 0 Å². The van der Waals surface area contributed by atoms with Crippen LogP contribution in [0, 0.1) is 5.82 Å². The fraction of sp³-hybridized carbons (Fsp3) is 0.435. The normalized spacial score (nSPS) is 19.3. The highest BCUT2D eigenvalue weighted by Gasteiger charge is 2.39. The lowest BCUT2D eigenvalue weighted by atomic mass is 9.82. The van der Waals surface area contributed by atoms with Crippen molar-refractivity contribution < 1.29 is 13.9 Å². The molecule has 2 aliphatic heterocycles. The first-order valence-electron chi connectivity index (χ1n) is 10.1. The molecule has 154 valence electrons. The van der Waals surface area contributed by atoms with E-state index in [0.717, 1.165) is 42.7 Å². The van der Waals surface area contributed by atoms with E-state index >= 15 is 0 Å². The van der Waals surface area contributed by atoms with Gasteiger partial charge in [0.2, 0.25) is 5.91 Å². The van der Waals surface area contributed by atoms with Crippen LogP contribution in [0.1, 0.15) is 30.4 Å². The second kappa shape index (κ2) is 8.03. The molecule has 0 radical (unpaired) electrons. The summed E-state index contributed by atoms with van der Waals surface area (Å²) in [6.45, 7) is 2.95. The first kappa shape index (κ1) is 19.7. The van der Waals surface area contributed by atoms with E-state index in [1.54, 1.807) is 19.2 Å². The van der Waals surface area contributed by atoms with Gasteiger partial charge in [-0.3, -0.25) is 9.69 Å². The Bertz CT molecular complexity index is 893. The monoisotopic (exact) mass is 397 g/mol. The van der Waals surface area contributed by atoms with Gasteiger partial charge in [0, 0.05) is 56.4 Å². The third-order valence-electron chi connectivity index (χ3n) is 6.19. The van der Waals surface area contributed by atoms with Crippen molar-refractivity contribution in [1.29, 1.82) is 0 Å². The zero-order chi connectivity index (χ0) is 20.4. The summed E-state index contributed by atoms with van der Waals surface area (Å²) in [7, 11) is 3.49. The number of benzene rings is 2. The number of hydrogen-bond acceptors (Lipinski definition) is 4. The summed E-state index contributed by atoms with van der Waals surface area (Å²) in [5.41, 5.74) is 2.88. The van der Waals surface area contributed by atoms with Gasteiger partial charge >= 0.3 is 0 Å². The third-order valence-corrected chi connectivity index (χ3v) is 6.19. The lowest BCUT2D eigenvalue weighted by molar-refractivity contribution is -0.132. The SMILES string of the molecule is COc1ccc(F)cc1CN1CCC2(CC1)CC(=O)N(C)Cc1ccccc1N2. The minimum atomic E-state index is -0.249. The number of fused-ring (bicyclic) bond motifs is 1. The quantitative estimate of drug-likeness (QED) is 0.859. The highest BCUT2D eigenvalue weighted by molar-refractivity contribution is 5.79. The molecule has 2 heterocycles. The highest BCUT2D eigenvalue weighted by Crippen LogP contribution is 2.35. The van der Waals surface area contributed by atoms with Crippen molar-refractivity contribution in [2.45, 2.75) is 37.9 Å². The summed E-state index contributed by atoms with van der Waals surface area (Å²) in [4.78, 5) is 16.9. The van der Waals surface area contributed by atoms with E-state index in [0.29, 0.717) is 25.3 Å². The van der Waals surface area contributed by atoms with Gasteiger partial charge in [-0.25, -0.2) is 4.39 Å². The number of hydrogen-bond donors (Lipinski definition) is 1. The average molecular weight is 397 g/mol. The summed E-state index contributed by atoms with van der Waals surface area (Å²) in [5, 5.41) is 3.72. The van der Waals surface area contributed by atoms with Gasteiger partial charge in [0.05, 0.1) is 7.11 Å². The molecule has 1 saturated heterocycles. The molecule has 2 aromatic rings. The number of rotatable bonds is 3. The van der Waals surface area contributed by atoms with E-state index in [4.69, 9.17) is 4.74 Å². The molecule has 0 saturated carbocycles. The van der Waals surface area contributed by atoms with Crippen molar-refractivity contribution in [3.8, 4) is 5.75 Å². The Morgan fingerprint density at radius 2 is 1.93 bits per heavy atom. The molecule has 0 unspecified atom stereocenters. The summed E-state index contributed by atoms with van der Waals surface area (Å²) >= 11 is 0. The predicted octanol–water partition coefficient (Wildman–Crippen LogP) is 3.64. The molecule has 1 N–H and O–H groups in total. The Balaban J connectivity index is 1.50. The number of nitrogens with zero attached hydrogens (tertiary/aromatic N) is 2. The summed E-state index contributed by atoms with van der Waals surface area (Å²) in [6.07, 6.45) is 2.21. The number of carbonyl (C=O) groups is 1. The fourth-order valence-electron chi connectivity index (χ4n) is 4.43. The number of carbonyl (C=O) groups excluding carboxylic acids is 1. The number of ether oxygens (including phenoxy) is 1. The number of para-hydroxylation sites is 1. The van der Waals surface area contributed by atoms with Crippen molar-refractivity contribution in [2.24, 2.45) is 0 Å². The zero-order valence-electron chi connectivity index (χ0n) is 17.1. The van der Waals surface area contributed by atoms with Crippen LogP contribution in [0.3, 0.4) is 0 Å². The van der Waals surface area contributed by atoms with Crippen molar-refractivity contribution in [1.82, 2.24) is 9.80 Å². The fourth-order valence-corrected chi connectivity index (χ4v) is 4.43. The molecule has 2 aromatic carbocycles. The molecule has 1 amide bonds. The highest BCUT2D eigenvalue weighted by atomic mass is 19.1. The topological polar surface area (TPSA) is 44.8 Å². The van der Waals surface area contributed by atoms with Crippen LogP contribution in [0.25, 0.3) is 0 Å². The van der Waals surface area contributed by atoms with Crippen LogP contribution >= 0.6 is 0 Å². The molecular formula is C23H28FN3O2. The predicted molar refractivity (Wildman–Crippen MR) is 111 cm³/mol. The number of halogens is 1. The minimum Gasteiger partial charge on any atom is -0.496 e. The molecule has 0 aromatic heterocycles. The first-order chi connectivity index (χ1) is 14.0.